The van der Waals surface area contributed by atoms with Crippen molar-refractivity contribution in [2.75, 3.05) is 6.54 Å². The van der Waals surface area contributed by atoms with Gasteiger partial charge in [0, 0.05) is 15.5 Å². The molecule has 1 fully saturated rings. The smallest absolute Gasteiger partial charge is 0.211 e. The van der Waals surface area contributed by atoms with Crippen molar-refractivity contribution in [3.63, 3.8) is 0 Å². The van der Waals surface area contributed by atoms with Crippen LogP contribution >= 0.6 is 31.9 Å². The average Bonchev–Trinajstić information content (AvgIpc) is 3.02. The minimum absolute atomic E-state index is 0.280. The Morgan fingerprint density at radius 1 is 1.31 bits per heavy atom. The van der Waals surface area contributed by atoms with Gasteiger partial charge in [-0.15, -0.1) is 0 Å². The van der Waals surface area contributed by atoms with E-state index in [9.17, 15) is 8.42 Å². The lowest BCUT2D eigenvalue weighted by molar-refractivity contribution is 0.577. The van der Waals surface area contributed by atoms with Crippen molar-refractivity contribution < 1.29 is 8.42 Å². The molecule has 1 aromatic rings. The Morgan fingerprint density at radius 2 is 2.00 bits per heavy atom. The molecule has 0 aromatic heterocycles. The Labute approximate surface area is 112 Å². The minimum Gasteiger partial charge on any atom is -0.211 e. The molecule has 2 rings (SSSR count). The molecule has 0 amide bonds. The summed E-state index contributed by atoms with van der Waals surface area (Å²) in [5, 5.41) is 0. The summed E-state index contributed by atoms with van der Waals surface area (Å²) in [6.45, 7) is 0.543. The van der Waals surface area contributed by atoms with E-state index >= 15 is 0 Å². The standard InChI is InChI=1S/C10H11Br2NO2S/c11-8-3-4-9(12)10(5-8)16(14,15)13-6-7-1-2-7/h3-5,7,13H,1-2,6H2. The van der Waals surface area contributed by atoms with E-state index in [1.807, 2.05) is 0 Å². The van der Waals surface area contributed by atoms with Gasteiger partial charge in [0.15, 0.2) is 0 Å². The quantitative estimate of drug-likeness (QED) is 0.888. The van der Waals surface area contributed by atoms with Crippen molar-refractivity contribution in [3.05, 3.63) is 27.1 Å². The molecule has 0 bridgehead atoms. The lowest BCUT2D eigenvalue weighted by atomic mass is 10.4. The maximum Gasteiger partial charge on any atom is 0.241 e. The number of sulfonamides is 1. The second kappa shape index (κ2) is 4.76. The van der Waals surface area contributed by atoms with Crippen LogP contribution in [0.1, 0.15) is 12.8 Å². The van der Waals surface area contributed by atoms with E-state index in [-0.39, 0.29) is 4.90 Å². The first-order valence-electron chi connectivity index (χ1n) is 4.94. The Balaban J connectivity index is 2.22. The molecule has 1 aliphatic rings. The molecule has 1 aromatic carbocycles. The van der Waals surface area contributed by atoms with Crippen molar-refractivity contribution in [2.45, 2.75) is 17.7 Å². The maximum atomic E-state index is 12.0. The third-order valence-electron chi connectivity index (χ3n) is 2.44. The van der Waals surface area contributed by atoms with E-state index in [2.05, 4.69) is 36.6 Å². The van der Waals surface area contributed by atoms with Crippen LogP contribution in [-0.2, 0) is 10.0 Å². The van der Waals surface area contributed by atoms with E-state index in [1.165, 1.54) is 0 Å². The molecule has 0 aliphatic heterocycles. The molecule has 0 heterocycles. The minimum atomic E-state index is -3.40. The van der Waals surface area contributed by atoms with Gasteiger partial charge in [-0.1, -0.05) is 15.9 Å². The van der Waals surface area contributed by atoms with Crippen LogP contribution in [-0.4, -0.2) is 15.0 Å². The average molecular weight is 369 g/mol. The summed E-state index contributed by atoms with van der Waals surface area (Å²) < 4.78 is 27.9. The molecule has 0 saturated heterocycles. The van der Waals surface area contributed by atoms with Gasteiger partial charge in [-0.05, 0) is 52.9 Å². The van der Waals surface area contributed by atoms with Gasteiger partial charge in [-0.3, -0.25) is 0 Å². The van der Waals surface area contributed by atoms with Crippen LogP contribution in [0.3, 0.4) is 0 Å². The number of halogens is 2. The second-order valence-corrected chi connectivity index (χ2v) is 7.38. The molecule has 16 heavy (non-hydrogen) atoms. The fraction of sp³-hybridized carbons (Fsp3) is 0.400. The molecule has 88 valence electrons. The highest BCUT2D eigenvalue weighted by Gasteiger charge is 2.25. The largest absolute Gasteiger partial charge is 0.241 e. The summed E-state index contributed by atoms with van der Waals surface area (Å²) in [7, 11) is -3.40. The number of hydrogen-bond donors (Lipinski definition) is 1. The van der Waals surface area contributed by atoms with Gasteiger partial charge in [0.05, 0.1) is 4.90 Å². The highest BCUT2D eigenvalue weighted by atomic mass is 79.9. The summed E-state index contributed by atoms with van der Waals surface area (Å²) in [4.78, 5) is 0.280. The van der Waals surface area contributed by atoms with Crippen molar-refractivity contribution in [3.8, 4) is 0 Å². The zero-order valence-electron chi connectivity index (χ0n) is 8.41. The highest BCUT2D eigenvalue weighted by molar-refractivity contribution is 9.11. The third kappa shape index (κ3) is 3.06. The summed E-state index contributed by atoms with van der Waals surface area (Å²) in [6, 6.07) is 5.11. The van der Waals surface area contributed by atoms with Crippen LogP contribution in [0.2, 0.25) is 0 Å². The van der Waals surface area contributed by atoms with E-state index in [0.717, 1.165) is 17.3 Å². The van der Waals surface area contributed by atoms with E-state index in [0.29, 0.717) is 16.9 Å². The summed E-state index contributed by atoms with van der Waals surface area (Å²) in [6.07, 6.45) is 2.25. The van der Waals surface area contributed by atoms with Gasteiger partial charge in [-0.25, -0.2) is 13.1 Å². The topological polar surface area (TPSA) is 46.2 Å². The predicted octanol–water partition coefficient (Wildman–Crippen LogP) is 2.90. The van der Waals surface area contributed by atoms with E-state index in [1.54, 1.807) is 18.2 Å². The Bertz CT molecular complexity index is 498. The van der Waals surface area contributed by atoms with Crippen molar-refractivity contribution in [1.82, 2.24) is 4.72 Å². The molecule has 0 atom stereocenters. The fourth-order valence-corrected chi connectivity index (χ4v) is 3.93. The fourth-order valence-electron chi connectivity index (χ4n) is 1.31. The third-order valence-corrected chi connectivity index (χ3v) is 5.35. The normalized spacial score (nSPS) is 16.4. The zero-order valence-corrected chi connectivity index (χ0v) is 12.4. The lowest BCUT2D eigenvalue weighted by Crippen LogP contribution is -2.26. The van der Waals surface area contributed by atoms with Crippen molar-refractivity contribution in [1.29, 1.82) is 0 Å². The van der Waals surface area contributed by atoms with Crippen molar-refractivity contribution in [2.24, 2.45) is 5.92 Å². The molecular formula is C10H11Br2NO2S. The predicted molar refractivity (Wildman–Crippen MR) is 69.8 cm³/mol. The first-order chi connectivity index (χ1) is 7.49. The number of hydrogen-bond acceptors (Lipinski definition) is 2. The van der Waals surface area contributed by atoms with Crippen molar-refractivity contribution >= 4 is 41.9 Å². The molecule has 1 N–H and O–H groups in total. The summed E-state index contributed by atoms with van der Waals surface area (Å²) in [5.74, 6) is 0.528. The van der Waals surface area contributed by atoms with Crippen LogP contribution in [0.5, 0.6) is 0 Å². The summed E-state index contributed by atoms with van der Waals surface area (Å²) in [5.41, 5.74) is 0. The number of benzene rings is 1. The van der Waals surface area contributed by atoms with Crippen LogP contribution in [0.15, 0.2) is 32.0 Å². The Kier molecular flexibility index (Phi) is 3.73. The van der Waals surface area contributed by atoms with Gasteiger partial charge in [0.2, 0.25) is 10.0 Å². The van der Waals surface area contributed by atoms with E-state index < -0.39 is 10.0 Å². The van der Waals surface area contributed by atoms with Gasteiger partial charge < -0.3 is 0 Å². The molecule has 3 nitrogen and oxygen atoms in total. The van der Waals surface area contributed by atoms with Crippen LogP contribution in [0, 0.1) is 5.92 Å². The number of nitrogens with one attached hydrogen (secondary N) is 1. The molecule has 6 heteroatoms. The van der Waals surface area contributed by atoms with Gasteiger partial charge in [-0.2, -0.15) is 0 Å². The Morgan fingerprint density at radius 3 is 2.62 bits per heavy atom. The molecule has 1 saturated carbocycles. The number of rotatable bonds is 4. The maximum absolute atomic E-state index is 12.0. The molecule has 0 spiro atoms. The van der Waals surface area contributed by atoms with Crippen LogP contribution in [0.4, 0.5) is 0 Å². The molecular weight excluding hydrogens is 358 g/mol. The summed E-state index contributed by atoms with van der Waals surface area (Å²) >= 11 is 6.52. The van der Waals surface area contributed by atoms with E-state index in [4.69, 9.17) is 0 Å². The monoisotopic (exact) mass is 367 g/mol. The van der Waals surface area contributed by atoms with Crippen LogP contribution < -0.4 is 4.72 Å². The first kappa shape index (κ1) is 12.5. The molecule has 0 radical (unpaired) electrons. The van der Waals surface area contributed by atoms with Gasteiger partial charge in [0.1, 0.15) is 0 Å². The highest BCUT2D eigenvalue weighted by Crippen LogP contribution is 2.29. The molecule has 0 unspecified atom stereocenters. The lowest BCUT2D eigenvalue weighted by Gasteiger charge is -2.08. The Hall–Kier alpha value is 0.0900. The SMILES string of the molecule is O=S(=O)(NCC1CC1)c1cc(Br)ccc1Br. The second-order valence-electron chi connectivity index (χ2n) is 3.87. The zero-order chi connectivity index (χ0) is 11.8. The van der Waals surface area contributed by atoms with Gasteiger partial charge in [0.25, 0.3) is 0 Å². The molecule has 1 aliphatic carbocycles. The first-order valence-corrected chi connectivity index (χ1v) is 8.01. The van der Waals surface area contributed by atoms with Crippen LogP contribution in [0.25, 0.3) is 0 Å². The van der Waals surface area contributed by atoms with Gasteiger partial charge >= 0.3 is 0 Å².